The Bertz CT molecular complexity index is 367. The molecule has 0 aliphatic carbocycles. The molecule has 0 amide bonds. The topological polar surface area (TPSA) is 28.2 Å². The fraction of sp³-hybridized carbons (Fsp3) is 0.667. The molecule has 0 spiro atoms. The maximum absolute atomic E-state index is 4.22. The number of piperidine rings is 1. The Labute approximate surface area is 110 Å². The smallest absolute Gasteiger partial charge is 0.0312 e. The quantitative estimate of drug-likeness (QED) is 0.881. The van der Waals surface area contributed by atoms with Crippen LogP contribution in [0.15, 0.2) is 24.5 Å². The minimum atomic E-state index is 0.758. The Hall–Kier alpha value is -0.930. The Morgan fingerprint density at radius 1 is 1.33 bits per heavy atom. The van der Waals surface area contributed by atoms with Crippen LogP contribution in [0.3, 0.4) is 0 Å². The molecule has 0 saturated carbocycles. The predicted molar refractivity (Wildman–Crippen MR) is 73.3 cm³/mol. The van der Waals surface area contributed by atoms with Crippen molar-refractivity contribution < 1.29 is 0 Å². The number of aromatic nitrogens is 1. The fourth-order valence-corrected chi connectivity index (χ4v) is 3.55. The predicted octanol–water partition coefficient (Wildman–Crippen LogP) is 2.19. The standard InChI is InChI=1S/C15H23N3/c1-2-18(11-12-4-3-7-16-10-12)15-8-13-5-6-14(9-15)17-13/h3-4,7,10,13-15,17H,2,5-6,8-9,11H2,1H3. The zero-order valence-corrected chi connectivity index (χ0v) is 11.2. The van der Waals surface area contributed by atoms with Gasteiger partial charge in [0.05, 0.1) is 0 Å². The number of rotatable bonds is 4. The van der Waals surface area contributed by atoms with Gasteiger partial charge in [0.15, 0.2) is 0 Å². The molecule has 1 aromatic rings. The summed E-state index contributed by atoms with van der Waals surface area (Å²) in [6, 6.07) is 6.53. The summed E-state index contributed by atoms with van der Waals surface area (Å²) in [4.78, 5) is 6.85. The molecule has 3 heteroatoms. The number of hydrogen-bond donors (Lipinski definition) is 1. The van der Waals surface area contributed by atoms with Crippen molar-refractivity contribution >= 4 is 0 Å². The van der Waals surface area contributed by atoms with Crippen LogP contribution in [0.2, 0.25) is 0 Å². The van der Waals surface area contributed by atoms with Crippen LogP contribution in [-0.2, 0) is 6.54 Å². The monoisotopic (exact) mass is 245 g/mol. The molecule has 0 radical (unpaired) electrons. The zero-order chi connectivity index (χ0) is 12.4. The highest BCUT2D eigenvalue weighted by Crippen LogP contribution is 2.30. The average molecular weight is 245 g/mol. The summed E-state index contributed by atoms with van der Waals surface area (Å²) in [6.45, 7) is 4.47. The van der Waals surface area contributed by atoms with Crippen molar-refractivity contribution in [1.82, 2.24) is 15.2 Å². The van der Waals surface area contributed by atoms with Crippen molar-refractivity contribution in [3.05, 3.63) is 30.1 Å². The van der Waals surface area contributed by atoms with Crippen LogP contribution in [0.1, 0.15) is 38.2 Å². The first-order chi connectivity index (χ1) is 8.85. The van der Waals surface area contributed by atoms with Crippen molar-refractivity contribution in [2.24, 2.45) is 0 Å². The van der Waals surface area contributed by atoms with Gasteiger partial charge in [0.1, 0.15) is 0 Å². The van der Waals surface area contributed by atoms with E-state index >= 15 is 0 Å². The van der Waals surface area contributed by atoms with Crippen molar-refractivity contribution in [3.63, 3.8) is 0 Å². The van der Waals surface area contributed by atoms with Crippen LogP contribution < -0.4 is 5.32 Å². The first-order valence-corrected chi connectivity index (χ1v) is 7.24. The summed E-state index contributed by atoms with van der Waals surface area (Å²) >= 11 is 0. The highest BCUT2D eigenvalue weighted by Gasteiger charge is 2.35. The molecule has 2 unspecified atom stereocenters. The molecule has 3 nitrogen and oxygen atoms in total. The van der Waals surface area contributed by atoms with Gasteiger partial charge in [-0.3, -0.25) is 9.88 Å². The summed E-state index contributed by atoms with van der Waals surface area (Å²) in [6.07, 6.45) is 9.26. The van der Waals surface area contributed by atoms with Gasteiger partial charge in [0.25, 0.3) is 0 Å². The lowest BCUT2D eigenvalue weighted by molar-refractivity contribution is 0.140. The molecule has 3 heterocycles. The van der Waals surface area contributed by atoms with Gasteiger partial charge in [-0.15, -0.1) is 0 Å². The van der Waals surface area contributed by atoms with Crippen LogP contribution in [0, 0.1) is 0 Å². The average Bonchev–Trinajstić information content (AvgIpc) is 2.76. The maximum Gasteiger partial charge on any atom is 0.0312 e. The van der Waals surface area contributed by atoms with Crippen LogP contribution >= 0.6 is 0 Å². The fourth-order valence-electron chi connectivity index (χ4n) is 3.55. The number of nitrogens with zero attached hydrogens (tertiary/aromatic N) is 2. The molecule has 1 N–H and O–H groups in total. The lowest BCUT2D eigenvalue weighted by Gasteiger charge is -2.37. The van der Waals surface area contributed by atoms with Gasteiger partial charge in [-0.1, -0.05) is 13.0 Å². The molecule has 98 valence electrons. The van der Waals surface area contributed by atoms with Crippen molar-refractivity contribution in [2.45, 2.75) is 57.3 Å². The van der Waals surface area contributed by atoms with E-state index in [2.05, 4.69) is 28.2 Å². The van der Waals surface area contributed by atoms with E-state index in [1.807, 2.05) is 18.5 Å². The van der Waals surface area contributed by atoms with Crippen LogP contribution in [0.25, 0.3) is 0 Å². The first kappa shape index (κ1) is 12.1. The molecular formula is C15H23N3. The third kappa shape index (κ3) is 2.57. The summed E-state index contributed by atoms with van der Waals surface area (Å²) in [7, 11) is 0. The van der Waals surface area contributed by atoms with Gasteiger partial charge < -0.3 is 5.32 Å². The van der Waals surface area contributed by atoms with E-state index in [4.69, 9.17) is 0 Å². The SMILES string of the molecule is CCN(Cc1cccnc1)C1CC2CCC(C1)N2. The molecule has 2 atom stereocenters. The van der Waals surface area contributed by atoms with E-state index in [1.165, 1.54) is 31.2 Å². The Morgan fingerprint density at radius 2 is 2.11 bits per heavy atom. The molecule has 2 aliphatic rings. The Balaban J connectivity index is 1.65. The third-order valence-electron chi connectivity index (χ3n) is 4.48. The molecule has 0 aromatic carbocycles. The van der Waals surface area contributed by atoms with E-state index in [-0.39, 0.29) is 0 Å². The summed E-state index contributed by atoms with van der Waals surface area (Å²) in [5.74, 6) is 0. The van der Waals surface area contributed by atoms with Crippen LogP contribution in [0.5, 0.6) is 0 Å². The molecule has 2 saturated heterocycles. The van der Waals surface area contributed by atoms with E-state index in [0.717, 1.165) is 31.2 Å². The van der Waals surface area contributed by atoms with Gasteiger partial charge in [-0.25, -0.2) is 0 Å². The van der Waals surface area contributed by atoms with Crippen LogP contribution in [0.4, 0.5) is 0 Å². The first-order valence-electron chi connectivity index (χ1n) is 7.24. The van der Waals surface area contributed by atoms with E-state index in [9.17, 15) is 0 Å². The highest BCUT2D eigenvalue weighted by molar-refractivity contribution is 5.09. The van der Waals surface area contributed by atoms with Gasteiger partial charge in [-0.05, 0) is 43.9 Å². The number of pyridine rings is 1. The second kappa shape index (κ2) is 5.37. The Kier molecular flexibility index (Phi) is 3.62. The molecule has 2 fully saturated rings. The third-order valence-corrected chi connectivity index (χ3v) is 4.48. The second-order valence-electron chi connectivity index (χ2n) is 5.69. The summed E-state index contributed by atoms with van der Waals surface area (Å²) in [5, 5.41) is 3.72. The molecule has 2 aliphatic heterocycles. The van der Waals surface area contributed by atoms with Crippen molar-refractivity contribution in [2.75, 3.05) is 6.54 Å². The summed E-state index contributed by atoms with van der Waals surface area (Å²) < 4.78 is 0. The largest absolute Gasteiger partial charge is 0.311 e. The second-order valence-corrected chi connectivity index (χ2v) is 5.69. The van der Waals surface area contributed by atoms with Gasteiger partial charge in [-0.2, -0.15) is 0 Å². The summed E-state index contributed by atoms with van der Waals surface area (Å²) in [5.41, 5.74) is 1.34. The van der Waals surface area contributed by atoms with E-state index in [1.54, 1.807) is 0 Å². The number of hydrogen-bond acceptors (Lipinski definition) is 3. The zero-order valence-electron chi connectivity index (χ0n) is 11.2. The highest BCUT2D eigenvalue weighted by atomic mass is 15.2. The Morgan fingerprint density at radius 3 is 2.72 bits per heavy atom. The van der Waals surface area contributed by atoms with Crippen molar-refractivity contribution in [1.29, 1.82) is 0 Å². The van der Waals surface area contributed by atoms with Gasteiger partial charge in [0.2, 0.25) is 0 Å². The minimum Gasteiger partial charge on any atom is -0.311 e. The molecule has 18 heavy (non-hydrogen) atoms. The molecule has 2 bridgehead atoms. The van der Waals surface area contributed by atoms with Crippen molar-refractivity contribution in [3.8, 4) is 0 Å². The van der Waals surface area contributed by atoms with E-state index in [0.29, 0.717) is 0 Å². The molecular weight excluding hydrogens is 222 g/mol. The van der Waals surface area contributed by atoms with Gasteiger partial charge in [0, 0.05) is 37.1 Å². The lowest BCUT2D eigenvalue weighted by Crippen LogP contribution is -2.47. The normalized spacial score (nSPS) is 30.9. The van der Waals surface area contributed by atoms with Crippen LogP contribution in [-0.4, -0.2) is 34.6 Å². The number of nitrogens with one attached hydrogen (secondary N) is 1. The van der Waals surface area contributed by atoms with E-state index < -0.39 is 0 Å². The molecule has 3 rings (SSSR count). The minimum absolute atomic E-state index is 0.758. The number of fused-ring (bicyclic) bond motifs is 2. The lowest BCUT2D eigenvalue weighted by atomic mass is 9.97. The molecule has 1 aromatic heterocycles. The van der Waals surface area contributed by atoms with Gasteiger partial charge >= 0.3 is 0 Å². The maximum atomic E-state index is 4.22.